The van der Waals surface area contributed by atoms with Gasteiger partial charge in [-0.25, -0.2) is 4.79 Å². The summed E-state index contributed by atoms with van der Waals surface area (Å²) in [7, 11) is 1.64. The molecule has 0 aromatic heterocycles. The predicted octanol–water partition coefficient (Wildman–Crippen LogP) is 2.28. The molecule has 0 aliphatic rings. The zero-order chi connectivity index (χ0) is 12.7. The standard InChI is InChI=1S/C13H18O4/c1-4-16-13(14)11-5-7-12(8-6-11)17-9-10(2)15-3/h5-8,10H,4,9H2,1-3H3. The average molecular weight is 238 g/mol. The molecular weight excluding hydrogens is 220 g/mol. The average Bonchev–Trinajstić information content (AvgIpc) is 2.36. The van der Waals surface area contributed by atoms with Crippen LogP contribution in [-0.4, -0.2) is 32.4 Å². The molecule has 0 fully saturated rings. The van der Waals surface area contributed by atoms with Gasteiger partial charge in [0, 0.05) is 7.11 Å². The Bertz CT molecular complexity index is 345. The lowest BCUT2D eigenvalue weighted by molar-refractivity contribution is 0.0526. The third-order valence-electron chi connectivity index (χ3n) is 2.25. The Morgan fingerprint density at radius 3 is 2.47 bits per heavy atom. The van der Waals surface area contributed by atoms with E-state index in [1.165, 1.54) is 0 Å². The second kappa shape index (κ2) is 6.91. The molecule has 1 rings (SSSR count). The van der Waals surface area contributed by atoms with Crippen LogP contribution < -0.4 is 4.74 Å². The smallest absolute Gasteiger partial charge is 0.338 e. The third kappa shape index (κ3) is 4.44. The monoisotopic (exact) mass is 238 g/mol. The van der Waals surface area contributed by atoms with Gasteiger partial charge in [0.1, 0.15) is 12.4 Å². The third-order valence-corrected chi connectivity index (χ3v) is 2.25. The van der Waals surface area contributed by atoms with Crippen molar-refractivity contribution < 1.29 is 19.0 Å². The maximum absolute atomic E-state index is 11.4. The van der Waals surface area contributed by atoms with Gasteiger partial charge in [-0.15, -0.1) is 0 Å². The van der Waals surface area contributed by atoms with E-state index in [1.807, 2.05) is 6.92 Å². The summed E-state index contributed by atoms with van der Waals surface area (Å²) in [6, 6.07) is 6.86. The second-order valence-electron chi connectivity index (χ2n) is 3.60. The van der Waals surface area contributed by atoms with Gasteiger partial charge in [-0.05, 0) is 38.1 Å². The number of carbonyl (C=O) groups excluding carboxylic acids is 1. The molecule has 1 aromatic rings. The van der Waals surface area contributed by atoms with Gasteiger partial charge < -0.3 is 14.2 Å². The molecule has 0 heterocycles. The van der Waals surface area contributed by atoms with E-state index in [9.17, 15) is 4.79 Å². The van der Waals surface area contributed by atoms with Crippen LogP contribution in [0.15, 0.2) is 24.3 Å². The van der Waals surface area contributed by atoms with Crippen molar-refractivity contribution >= 4 is 5.97 Å². The summed E-state index contributed by atoms with van der Waals surface area (Å²) in [6.45, 7) is 4.56. The van der Waals surface area contributed by atoms with Crippen LogP contribution in [-0.2, 0) is 9.47 Å². The molecule has 0 bridgehead atoms. The number of methoxy groups -OCH3 is 1. The van der Waals surface area contributed by atoms with E-state index in [0.29, 0.717) is 24.5 Å². The minimum absolute atomic E-state index is 0.0414. The molecule has 1 unspecified atom stereocenters. The highest BCUT2D eigenvalue weighted by Crippen LogP contribution is 2.13. The number of carbonyl (C=O) groups is 1. The summed E-state index contributed by atoms with van der Waals surface area (Å²) in [5.74, 6) is 0.395. The topological polar surface area (TPSA) is 44.8 Å². The predicted molar refractivity (Wildman–Crippen MR) is 64.4 cm³/mol. The van der Waals surface area contributed by atoms with Gasteiger partial charge in [-0.2, -0.15) is 0 Å². The maximum atomic E-state index is 11.4. The number of hydrogen-bond donors (Lipinski definition) is 0. The van der Waals surface area contributed by atoms with Gasteiger partial charge in [0.25, 0.3) is 0 Å². The fourth-order valence-corrected chi connectivity index (χ4v) is 1.18. The SMILES string of the molecule is CCOC(=O)c1ccc(OCC(C)OC)cc1. The molecule has 0 amide bonds. The Balaban J connectivity index is 2.53. The molecule has 17 heavy (non-hydrogen) atoms. The van der Waals surface area contributed by atoms with Crippen molar-refractivity contribution in [3.8, 4) is 5.75 Å². The molecule has 0 saturated carbocycles. The second-order valence-corrected chi connectivity index (χ2v) is 3.60. The van der Waals surface area contributed by atoms with Gasteiger partial charge in [-0.3, -0.25) is 0 Å². The summed E-state index contributed by atoms with van der Waals surface area (Å²) in [5, 5.41) is 0. The molecule has 0 aliphatic carbocycles. The molecular formula is C13H18O4. The Morgan fingerprint density at radius 2 is 1.94 bits per heavy atom. The molecule has 4 nitrogen and oxygen atoms in total. The number of hydrogen-bond acceptors (Lipinski definition) is 4. The summed E-state index contributed by atoms with van der Waals surface area (Å²) >= 11 is 0. The number of esters is 1. The number of rotatable bonds is 6. The van der Waals surface area contributed by atoms with E-state index >= 15 is 0 Å². The highest BCUT2D eigenvalue weighted by atomic mass is 16.5. The van der Waals surface area contributed by atoms with Crippen LogP contribution in [0.4, 0.5) is 0 Å². The first-order chi connectivity index (χ1) is 8.17. The van der Waals surface area contributed by atoms with Crippen LogP contribution in [0.2, 0.25) is 0 Å². The first-order valence-corrected chi connectivity index (χ1v) is 5.60. The molecule has 94 valence electrons. The molecule has 0 radical (unpaired) electrons. The lowest BCUT2D eigenvalue weighted by Gasteiger charge is -2.11. The summed E-state index contributed by atoms with van der Waals surface area (Å²) < 4.78 is 15.4. The first kappa shape index (κ1) is 13.5. The van der Waals surface area contributed by atoms with Crippen LogP contribution in [0.1, 0.15) is 24.2 Å². The molecule has 1 atom stereocenters. The van der Waals surface area contributed by atoms with Gasteiger partial charge in [0.15, 0.2) is 0 Å². The Morgan fingerprint density at radius 1 is 1.29 bits per heavy atom. The van der Waals surface area contributed by atoms with Crippen LogP contribution in [0.3, 0.4) is 0 Å². The first-order valence-electron chi connectivity index (χ1n) is 5.60. The van der Waals surface area contributed by atoms with Gasteiger partial charge >= 0.3 is 5.97 Å². The van der Waals surface area contributed by atoms with E-state index < -0.39 is 0 Å². The maximum Gasteiger partial charge on any atom is 0.338 e. The van der Waals surface area contributed by atoms with Crippen molar-refractivity contribution in [2.45, 2.75) is 20.0 Å². The number of benzene rings is 1. The van der Waals surface area contributed by atoms with Gasteiger partial charge in [0.2, 0.25) is 0 Å². The molecule has 0 N–H and O–H groups in total. The van der Waals surface area contributed by atoms with E-state index in [1.54, 1.807) is 38.3 Å². The van der Waals surface area contributed by atoms with E-state index in [0.717, 1.165) is 0 Å². The normalized spacial score (nSPS) is 11.9. The fraction of sp³-hybridized carbons (Fsp3) is 0.462. The van der Waals surface area contributed by atoms with E-state index in [2.05, 4.69) is 0 Å². The Labute approximate surface area is 101 Å². The van der Waals surface area contributed by atoms with Crippen molar-refractivity contribution in [2.75, 3.05) is 20.3 Å². The largest absolute Gasteiger partial charge is 0.491 e. The quantitative estimate of drug-likeness (QED) is 0.713. The minimum atomic E-state index is -0.315. The minimum Gasteiger partial charge on any atom is -0.491 e. The summed E-state index contributed by atoms with van der Waals surface area (Å²) in [6.07, 6.45) is 0.0414. The molecule has 4 heteroatoms. The van der Waals surface area contributed by atoms with Gasteiger partial charge in [-0.1, -0.05) is 0 Å². The van der Waals surface area contributed by atoms with Crippen molar-refractivity contribution in [2.24, 2.45) is 0 Å². The fourth-order valence-electron chi connectivity index (χ4n) is 1.18. The summed E-state index contributed by atoms with van der Waals surface area (Å²) in [4.78, 5) is 11.4. The van der Waals surface area contributed by atoms with Crippen molar-refractivity contribution in [3.05, 3.63) is 29.8 Å². The Kier molecular flexibility index (Phi) is 5.49. The zero-order valence-electron chi connectivity index (χ0n) is 10.4. The van der Waals surface area contributed by atoms with E-state index in [-0.39, 0.29) is 12.1 Å². The highest BCUT2D eigenvalue weighted by molar-refractivity contribution is 5.89. The van der Waals surface area contributed by atoms with E-state index in [4.69, 9.17) is 14.2 Å². The van der Waals surface area contributed by atoms with Gasteiger partial charge in [0.05, 0.1) is 18.3 Å². The van der Waals surface area contributed by atoms with Crippen LogP contribution in [0, 0.1) is 0 Å². The summed E-state index contributed by atoms with van der Waals surface area (Å²) in [5.41, 5.74) is 0.527. The molecule has 0 aliphatic heterocycles. The highest BCUT2D eigenvalue weighted by Gasteiger charge is 2.06. The van der Waals surface area contributed by atoms with Crippen LogP contribution >= 0.6 is 0 Å². The van der Waals surface area contributed by atoms with Crippen molar-refractivity contribution in [3.63, 3.8) is 0 Å². The molecule has 1 aromatic carbocycles. The molecule has 0 spiro atoms. The number of ether oxygens (including phenoxy) is 3. The molecule has 0 saturated heterocycles. The van der Waals surface area contributed by atoms with Crippen LogP contribution in [0.25, 0.3) is 0 Å². The lowest BCUT2D eigenvalue weighted by atomic mass is 10.2. The van der Waals surface area contributed by atoms with Crippen molar-refractivity contribution in [1.82, 2.24) is 0 Å². The zero-order valence-corrected chi connectivity index (χ0v) is 10.4. The lowest BCUT2D eigenvalue weighted by Crippen LogP contribution is -2.15. The van der Waals surface area contributed by atoms with Crippen molar-refractivity contribution in [1.29, 1.82) is 0 Å². The van der Waals surface area contributed by atoms with Crippen LogP contribution in [0.5, 0.6) is 5.75 Å². The Hall–Kier alpha value is -1.55.